The molecule has 0 aliphatic carbocycles. The Morgan fingerprint density at radius 2 is 1.95 bits per heavy atom. The first-order valence-electron chi connectivity index (χ1n) is 7.26. The molecule has 1 fully saturated rings. The van der Waals surface area contributed by atoms with Gasteiger partial charge in [-0.3, -0.25) is 4.90 Å². The highest BCUT2D eigenvalue weighted by Gasteiger charge is 2.32. The summed E-state index contributed by atoms with van der Waals surface area (Å²) in [7, 11) is 1.34. The van der Waals surface area contributed by atoms with Crippen molar-refractivity contribution in [1.82, 2.24) is 10.2 Å². The summed E-state index contributed by atoms with van der Waals surface area (Å²) in [5.74, 6) is -0.514. The Kier molecular flexibility index (Phi) is 5.63. The number of rotatable bonds is 5. The quantitative estimate of drug-likeness (QED) is 0.844. The number of hydrogen-bond acceptors (Lipinski definition) is 3. The Morgan fingerprint density at radius 3 is 2.55 bits per heavy atom. The summed E-state index contributed by atoms with van der Waals surface area (Å²) >= 11 is 0. The van der Waals surface area contributed by atoms with Gasteiger partial charge in [0.25, 0.3) is 0 Å². The highest BCUT2D eigenvalue weighted by molar-refractivity contribution is 5.33. The van der Waals surface area contributed by atoms with Crippen molar-refractivity contribution in [2.24, 2.45) is 0 Å². The third-order valence-electron chi connectivity index (χ3n) is 3.87. The van der Waals surface area contributed by atoms with E-state index in [9.17, 15) is 17.6 Å². The van der Waals surface area contributed by atoms with E-state index < -0.39 is 24.5 Å². The van der Waals surface area contributed by atoms with Crippen LogP contribution < -0.4 is 10.1 Å². The van der Waals surface area contributed by atoms with E-state index in [-0.39, 0.29) is 17.7 Å². The molecular formula is C15H20F4N2O. The van der Waals surface area contributed by atoms with Gasteiger partial charge in [0.1, 0.15) is 0 Å². The van der Waals surface area contributed by atoms with Gasteiger partial charge in [-0.05, 0) is 12.5 Å². The summed E-state index contributed by atoms with van der Waals surface area (Å²) in [5.41, 5.74) is 0.269. The van der Waals surface area contributed by atoms with Gasteiger partial charge in [-0.2, -0.15) is 13.2 Å². The van der Waals surface area contributed by atoms with Crippen molar-refractivity contribution in [2.75, 3.05) is 33.3 Å². The first kappa shape index (κ1) is 17.0. The zero-order valence-corrected chi connectivity index (χ0v) is 12.4. The second kappa shape index (κ2) is 7.28. The SMILES string of the molecule is COc1cccc([C@@H](CCC(F)(F)F)N2CCNCC2)c1F. The van der Waals surface area contributed by atoms with Crippen LogP contribution in [0.3, 0.4) is 0 Å². The minimum Gasteiger partial charge on any atom is -0.494 e. The average molecular weight is 320 g/mol. The zero-order chi connectivity index (χ0) is 16.2. The Morgan fingerprint density at radius 1 is 1.27 bits per heavy atom. The Balaban J connectivity index is 2.26. The maximum atomic E-state index is 14.4. The summed E-state index contributed by atoms with van der Waals surface area (Å²) < 4.78 is 57.2. The van der Waals surface area contributed by atoms with Gasteiger partial charge in [-0.25, -0.2) is 4.39 Å². The van der Waals surface area contributed by atoms with E-state index in [1.807, 2.05) is 4.90 Å². The average Bonchev–Trinajstić information content (AvgIpc) is 2.49. The van der Waals surface area contributed by atoms with Crippen LogP contribution in [-0.4, -0.2) is 44.4 Å². The van der Waals surface area contributed by atoms with Crippen molar-refractivity contribution in [1.29, 1.82) is 0 Å². The van der Waals surface area contributed by atoms with E-state index in [1.54, 1.807) is 12.1 Å². The monoisotopic (exact) mass is 320 g/mol. The third kappa shape index (κ3) is 4.33. The topological polar surface area (TPSA) is 24.5 Å². The molecule has 1 aliphatic heterocycles. The Bertz CT molecular complexity index is 487. The zero-order valence-electron chi connectivity index (χ0n) is 12.4. The van der Waals surface area contributed by atoms with Gasteiger partial charge < -0.3 is 10.1 Å². The second-order valence-electron chi connectivity index (χ2n) is 5.32. The highest BCUT2D eigenvalue weighted by Crippen LogP contribution is 2.35. The smallest absolute Gasteiger partial charge is 0.389 e. The fourth-order valence-electron chi connectivity index (χ4n) is 2.77. The Hall–Kier alpha value is -1.34. The van der Waals surface area contributed by atoms with E-state index in [4.69, 9.17) is 4.74 Å². The number of nitrogens with zero attached hydrogens (tertiary/aromatic N) is 1. The van der Waals surface area contributed by atoms with Gasteiger partial charge in [-0.1, -0.05) is 12.1 Å². The molecule has 1 atom stereocenters. The molecule has 124 valence electrons. The van der Waals surface area contributed by atoms with Crippen molar-refractivity contribution in [3.8, 4) is 5.75 Å². The minimum absolute atomic E-state index is 0.0599. The van der Waals surface area contributed by atoms with Crippen LogP contribution in [0.1, 0.15) is 24.4 Å². The molecule has 0 saturated carbocycles. The number of nitrogens with one attached hydrogen (secondary N) is 1. The number of alkyl halides is 3. The molecule has 1 N–H and O–H groups in total. The van der Waals surface area contributed by atoms with E-state index >= 15 is 0 Å². The Labute approximate surface area is 127 Å². The second-order valence-corrected chi connectivity index (χ2v) is 5.32. The highest BCUT2D eigenvalue weighted by atomic mass is 19.4. The van der Waals surface area contributed by atoms with Crippen LogP contribution in [0.4, 0.5) is 17.6 Å². The molecule has 0 spiro atoms. The molecule has 0 aromatic heterocycles. The van der Waals surface area contributed by atoms with Crippen molar-refractivity contribution >= 4 is 0 Å². The third-order valence-corrected chi connectivity index (χ3v) is 3.87. The van der Waals surface area contributed by atoms with E-state index in [1.165, 1.54) is 13.2 Å². The molecule has 1 aromatic carbocycles. The maximum absolute atomic E-state index is 14.4. The lowest BCUT2D eigenvalue weighted by Crippen LogP contribution is -2.45. The number of ether oxygens (including phenoxy) is 1. The van der Waals surface area contributed by atoms with Crippen LogP contribution in [0, 0.1) is 5.82 Å². The van der Waals surface area contributed by atoms with Gasteiger partial charge in [0.2, 0.25) is 0 Å². The van der Waals surface area contributed by atoms with Crippen LogP contribution in [0.2, 0.25) is 0 Å². The van der Waals surface area contributed by atoms with Crippen LogP contribution in [0.5, 0.6) is 5.75 Å². The lowest BCUT2D eigenvalue weighted by molar-refractivity contribution is -0.138. The first-order valence-corrected chi connectivity index (χ1v) is 7.26. The molecule has 2 rings (SSSR count). The van der Waals surface area contributed by atoms with Gasteiger partial charge in [0.05, 0.1) is 7.11 Å². The summed E-state index contributed by atoms with van der Waals surface area (Å²) in [4.78, 5) is 1.90. The molecule has 1 heterocycles. The largest absolute Gasteiger partial charge is 0.494 e. The first-order chi connectivity index (χ1) is 10.4. The van der Waals surface area contributed by atoms with Crippen molar-refractivity contribution in [3.63, 3.8) is 0 Å². The predicted octanol–water partition coefficient (Wildman–Crippen LogP) is 3.12. The summed E-state index contributed by atoms with van der Waals surface area (Å²) in [6, 6.07) is 4.03. The molecule has 3 nitrogen and oxygen atoms in total. The molecule has 1 aromatic rings. The van der Waals surface area contributed by atoms with Crippen LogP contribution >= 0.6 is 0 Å². The van der Waals surface area contributed by atoms with Crippen LogP contribution in [0.15, 0.2) is 18.2 Å². The van der Waals surface area contributed by atoms with Gasteiger partial charge >= 0.3 is 6.18 Å². The van der Waals surface area contributed by atoms with Gasteiger partial charge in [0.15, 0.2) is 11.6 Å². The van der Waals surface area contributed by atoms with Gasteiger partial charge in [-0.15, -0.1) is 0 Å². The number of hydrogen-bond donors (Lipinski definition) is 1. The summed E-state index contributed by atoms with van der Waals surface area (Å²) in [5, 5.41) is 3.15. The molecule has 0 unspecified atom stereocenters. The van der Waals surface area contributed by atoms with Crippen molar-refractivity contribution in [2.45, 2.75) is 25.1 Å². The fourth-order valence-corrected chi connectivity index (χ4v) is 2.77. The van der Waals surface area contributed by atoms with E-state index in [0.29, 0.717) is 26.2 Å². The minimum atomic E-state index is -4.25. The van der Waals surface area contributed by atoms with Crippen LogP contribution in [0.25, 0.3) is 0 Å². The maximum Gasteiger partial charge on any atom is 0.389 e. The van der Waals surface area contributed by atoms with Crippen molar-refractivity contribution in [3.05, 3.63) is 29.6 Å². The van der Waals surface area contributed by atoms with E-state index in [2.05, 4.69) is 5.32 Å². The molecule has 0 bridgehead atoms. The van der Waals surface area contributed by atoms with Gasteiger partial charge in [0, 0.05) is 44.2 Å². The lowest BCUT2D eigenvalue weighted by atomic mass is 9.98. The number of piperazine rings is 1. The molecule has 22 heavy (non-hydrogen) atoms. The van der Waals surface area contributed by atoms with E-state index in [0.717, 1.165) is 0 Å². The molecule has 7 heteroatoms. The number of halogens is 4. The summed E-state index contributed by atoms with van der Waals surface area (Å²) in [6.07, 6.45) is -5.34. The van der Waals surface area contributed by atoms with Crippen molar-refractivity contribution < 1.29 is 22.3 Å². The lowest BCUT2D eigenvalue weighted by Gasteiger charge is -2.35. The standard InChI is InChI=1S/C15H20F4N2O/c1-22-13-4-2-3-11(14(13)16)12(5-6-15(17,18)19)21-9-7-20-8-10-21/h2-4,12,20H,5-10H2,1H3/t12-/m1/s1. The molecular weight excluding hydrogens is 300 g/mol. The van der Waals surface area contributed by atoms with Crippen LogP contribution in [-0.2, 0) is 0 Å². The number of methoxy groups -OCH3 is 1. The molecule has 0 amide bonds. The molecule has 1 aliphatic rings. The fraction of sp³-hybridized carbons (Fsp3) is 0.600. The predicted molar refractivity (Wildman–Crippen MR) is 75.4 cm³/mol. The number of benzene rings is 1. The normalized spacial score (nSPS) is 18.2. The molecule has 0 radical (unpaired) electrons. The molecule has 1 saturated heterocycles. The summed E-state index contributed by atoms with van der Waals surface area (Å²) in [6.45, 7) is 2.57.